The van der Waals surface area contributed by atoms with Crippen LogP contribution in [0.3, 0.4) is 0 Å². The van der Waals surface area contributed by atoms with Crippen LogP contribution in [0.5, 0.6) is 0 Å². The molecule has 1 aliphatic carbocycles. The maximum Gasteiger partial charge on any atom is 0.0662 e. The van der Waals surface area contributed by atoms with Gasteiger partial charge in [0.2, 0.25) is 0 Å². The van der Waals surface area contributed by atoms with Gasteiger partial charge in [-0.15, -0.1) is 0 Å². The van der Waals surface area contributed by atoms with Crippen molar-refractivity contribution in [3.8, 4) is 0 Å². The Morgan fingerprint density at radius 1 is 1.25 bits per heavy atom. The second kappa shape index (κ2) is 5.48. The van der Waals surface area contributed by atoms with Crippen molar-refractivity contribution in [3.05, 3.63) is 0 Å². The SMILES string of the molecule is CN(C1CCCCC1)C1(CN)CCCOC1. The Hall–Kier alpha value is -0.120. The summed E-state index contributed by atoms with van der Waals surface area (Å²) >= 11 is 0. The molecule has 3 heteroatoms. The lowest BCUT2D eigenvalue weighted by Crippen LogP contribution is -2.60. The second-order valence-electron chi connectivity index (χ2n) is 5.49. The largest absolute Gasteiger partial charge is 0.379 e. The van der Waals surface area contributed by atoms with E-state index < -0.39 is 0 Å². The Balaban J connectivity index is 2.00. The molecule has 0 aromatic rings. The van der Waals surface area contributed by atoms with Gasteiger partial charge in [0.15, 0.2) is 0 Å². The number of nitrogens with two attached hydrogens (primary N) is 1. The Morgan fingerprint density at radius 3 is 2.56 bits per heavy atom. The van der Waals surface area contributed by atoms with Gasteiger partial charge in [0.25, 0.3) is 0 Å². The average Bonchev–Trinajstić information content (AvgIpc) is 2.39. The molecule has 1 atom stereocenters. The topological polar surface area (TPSA) is 38.5 Å². The van der Waals surface area contributed by atoms with Gasteiger partial charge in [-0.2, -0.15) is 0 Å². The first-order chi connectivity index (χ1) is 7.78. The zero-order chi connectivity index (χ0) is 11.4. The summed E-state index contributed by atoms with van der Waals surface area (Å²) in [6, 6.07) is 0.735. The number of ether oxygens (including phenoxy) is 1. The summed E-state index contributed by atoms with van der Waals surface area (Å²) in [5, 5.41) is 0. The molecule has 2 aliphatic rings. The number of likely N-dealkylation sites (N-methyl/N-ethyl adjacent to an activating group) is 1. The van der Waals surface area contributed by atoms with Gasteiger partial charge in [0.05, 0.1) is 12.1 Å². The fourth-order valence-electron chi connectivity index (χ4n) is 3.28. The molecular weight excluding hydrogens is 200 g/mol. The highest BCUT2D eigenvalue weighted by molar-refractivity contribution is 4.95. The van der Waals surface area contributed by atoms with Gasteiger partial charge in [-0.3, -0.25) is 4.90 Å². The van der Waals surface area contributed by atoms with Crippen LogP contribution in [0.2, 0.25) is 0 Å². The van der Waals surface area contributed by atoms with Crippen LogP contribution in [0.4, 0.5) is 0 Å². The molecule has 0 bridgehead atoms. The average molecular weight is 226 g/mol. The minimum atomic E-state index is 0.125. The quantitative estimate of drug-likeness (QED) is 0.797. The van der Waals surface area contributed by atoms with Crippen LogP contribution in [0.25, 0.3) is 0 Å². The zero-order valence-corrected chi connectivity index (χ0v) is 10.6. The normalized spacial score (nSPS) is 33.2. The van der Waals surface area contributed by atoms with E-state index in [2.05, 4.69) is 11.9 Å². The summed E-state index contributed by atoms with van der Waals surface area (Å²) in [5.41, 5.74) is 6.15. The van der Waals surface area contributed by atoms with Crippen molar-refractivity contribution in [3.63, 3.8) is 0 Å². The van der Waals surface area contributed by atoms with E-state index in [-0.39, 0.29) is 5.54 Å². The molecule has 1 aliphatic heterocycles. The van der Waals surface area contributed by atoms with Crippen LogP contribution in [0, 0.1) is 0 Å². The van der Waals surface area contributed by atoms with Gasteiger partial charge in [-0.05, 0) is 32.7 Å². The summed E-state index contributed by atoms with van der Waals surface area (Å²) < 4.78 is 5.67. The third-order valence-corrected chi connectivity index (χ3v) is 4.55. The Morgan fingerprint density at radius 2 is 2.00 bits per heavy atom. The highest BCUT2D eigenvalue weighted by Crippen LogP contribution is 2.31. The molecule has 94 valence electrons. The molecule has 1 heterocycles. The van der Waals surface area contributed by atoms with Crippen LogP contribution in [0.1, 0.15) is 44.9 Å². The zero-order valence-electron chi connectivity index (χ0n) is 10.6. The van der Waals surface area contributed by atoms with Crippen molar-refractivity contribution in [1.29, 1.82) is 0 Å². The summed E-state index contributed by atoms with van der Waals surface area (Å²) in [6.45, 7) is 2.48. The van der Waals surface area contributed by atoms with Crippen molar-refractivity contribution in [2.24, 2.45) is 5.73 Å². The molecule has 2 N–H and O–H groups in total. The third-order valence-electron chi connectivity index (χ3n) is 4.55. The molecular formula is C13H26N2O. The van der Waals surface area contributed by atoms with Gasteiger partial charge in [-0.25, -0.2) is 0 Å². The van der Waals surface area contributed by atoms with Gasteiger partial charge in [0.1, 0.15) is 0 Å². The molecule has 0 aromatic carbocycles. The molecule has 0 spiro atoms. The highest BCUT2D eigenvalue weighted by atomic mass is 16.5. The summed E-state index contributed by atoms with van der Waals surface area (Å²) in [6.07, 6.45) is 9.24. The molecule has 16 heavy (non-hydrogen) atoms. The van der Waals surface area contributed by atoms with Crippen molar-refractivity contribution < 1.29 is 4.74 Å². The molecule has 0 radical (unpaired) electrons. The third kappa shape index (κ3) is 2.41. The first kappa shape index (κ1) is 12.3. The smallest absolute Gasteiger partial charge is 0.0662 e. The fourth-order valence-corrected chi connectivity index (χ4v) is 3.28. The van der Waals surface area contributed by atoms with Gasteiger partial charge < -0.3 is 10.5 Å². The van der Waals surface area contributed by atoms with Gasteiger partial charge in [-0.1, -0.05) is 19.3 Å². The first-order valence-electron chi connectivity index (χ1n) is 6.79. The van der Waals surface area contributed by atoms with E-state index in [4.69, 9.17) is 10.5 Å². The Bertz CT molecular complexity index is 208. The highest BCUT2D eigenvalue weighted by Gasteiger charge is 2.38. The molecule has 1 saturated carbocycles. The number of rotatable bonds is 3. The lowest BCUT2D eigenvalue weighted by Gasteiger charge is -2.48. The van der Waals surface area contributed by atoms with Crippen molar-refractivity contribution >= 4 is 0 Å². The minimum absolute atomic E-state index is 0.125. The molecule has 0 aromatic heterocycles. The van der Waals surface area contributed by atoms with E-state index in [1.54, 1.807) is 0 Å². The number of nitrogens with zero attached hydrogens (tertiary/aromatic N) is 1. The molecule has 1 saturated heterocycles. The Kier molecular flexibility index (Phi) is 4.22. The lowest BCUT2D eigenvalue weighted by atomic mass is 9.85. The molecule has 2 fully saturated rings. The van der Waals surface area contributed by atoms with Crippen LogP contribution >= 0.6 is 0 Å². The monoisotopic (exact) mass is 226 g/mol. The minimum Gasteiger partial charge on any atom is -0.379 e. The van der Waals surface area contributed by atoms with Gasteiger partial charge >= 0.3 is 0 Å². The molecule has 1 unspecified atom stereocenters. The van der Waals surface area contributed by atoms with Gasteiger partial charge in [0, 0.05) is 19.2 Å². The predicted molar refractivity (Wildman–Crippen MR) is 66.5 cm³/mol. The van der Waals surface area contributed by atoms with E-state index >= 15 is 0 Å². The van der Waals surface area contributed by atoms with Crippen molar-refractivity contribution in [2.45, 2.75) is 56.5 Å². The predicted octanol–water partition coefficient (Wildman–Crippen LogP) is 1.76. The van der Waals surface area contributed by atoms with Crippen molar-refractivity contribution in [2.75, 3.05) is 26.8 Å². The lowest BCUT2D eigenvalue weighted by molar-refractivity contribution is -0.0561. The number of hydrogen-bond donors (Lipinski definition) is 1. The van der Waals surface area contributed by atoms with Crippen LogP contribution in [-0.2, 0) is 4.74 Å². The van der Waals surface area contributed by atoms with E-state index in [0.29, 0.717) is 0 Å². The molecule has 3 nitrogen and oxygen atoms in total. The van der Waals surface area contributed by atoms with E-state index in [1.807, 2.05) is 0 Å². The van der Waals surface area contributed by atoms with E-state index in [0.717, 1.165) is 32.2 Å². The fraction of sp³-hybridized carbons (Fsp3) is 1.00. The van der Waals surface area contributed by atoms with Crippen LogP contribution < -0.4 is 5.73 Å². The molecule has 0 amide bonds. The van der Waals surface area contributed by atoms with Crippen molar-refractivity contribution in [1.82, 2.24) is 4.90 Å². The molecule has 2 rings (SSSR count). The summed E-state index contributed by atoms with van der Waals surface area (Å²) in [7, 11) is 2.26. The standard InChI is InChI=1S/C13H26N2O/c1-15(12-6-3-2-4-7-12)13(10-14)8-5-9-16-11-13/h12H,2-11,14H2,1H3. The Labute approximate surface area is 99.3 Å². The van der Waals surface area contributed by atoms with Crippen LogP contribution in [-0.4, -0.2) is 43.3 Å². The summed E-state index contributed by atoms with van der Waals surface area (Å²) in [4.78, 5) is 2.55. The van der Waals surface area contributed by atoms with Crippen LogP contribution in [0.15, 0.2) is 0 Å². The maximum absolute atomic E-state index is 6.02. The van der Waals surface area contributed by atoms with E-state index in [9.17, 15) is 0 Å². The maximum atomic E-state index is 6.02. The number of hydrogen-bond acceptors (Lipinski definition) is 3. The summed E-state index contributed by atoms with van der Waals surface area (Å²) in [5.74, 6) is 0. The van der Waals surface area contributed by atoms with E-state index in [1.165, 1.54) is 38.5 Å². The second-order valence-corrected chi connectivity index (χ2v) is 5.49. The first-order valence-corrected chi connectivity index (χ1v) is 6.79.